The highest BCUT2D eigenvalue weighted by Gasteiger charge is 2.33. The van der Waals surface area contributed by atoms with Gasteiger partial charge in [-0.2, -0.15) is 0 Å². The molecule has 35 heavy (non-hydrogen) atoms. The SMILES string of the molecule is CN1CCN(c2c(C=C3SC(=S)N(CCc4ccccc4)C3=O)c(=O)n(C)c3ccccc23)CC1. The second-order valence-corrected chi connectivity index (χ2v) is 10.7. The van der Waals surface area contributed by atoms with Crippen LogP contribution in [0.5, 0.6) is 0 Å². The fourth-order valence-corrected chi connectivity index (χ4v) is 6.00. The van der Waals surface area contributed by atoms with Gasteiger partial charge in [0.2, 0.25) is 0 Å². The third kappa shape index (κ3) is 4.66. The molecule has 0 bridgehead atoms. The zero-order valence-electron chi connectivity index (χ0n) is 19.9. The Morgan fingerprint density at radius 3 is 2.37 bits per heavy atom. The van der Waals surface area contributed by atoms with Crippen molar-refractivity contribution >= 4 is 56.9 Å². The number of aryl methyl sites for hydroxylation is 1. The highest BCUT2D eigenvalue weighted by Crippen LogP contribution is 2.36. The van der Waals surface area contributed by atoms with Gasteiger partial charge in [-0.1, -0.05) is 72.5 Å². The first-order valence-electron chi connectivity index (χ1n) is 11.8. The number of amides is 1. The summed E-state index contributed by atoms with van der Waals surface area (Å²) in [4.78, 5) is 33.7. The number of likely N-dealkylation sites (N-methyl/N-ethyl adjacent to an activating group) is 1. The molecule has 2 aliphatic rings. The minimum atomic E-state index is -0.129. The first-order valence-corrected chi connectivity index (χ1v) is 13.0. The molecular formula is C27H28N4O2S2. The zero-order valence-corrected chi connectivity index (χ0v) is 21.6. The number of fused-ring (bicyclic) bond motifs is 1. The first-order chi connectivity index (χ1) is 16.9. The number of rotatable bonds is 5. The van der Waals surface area contributed by atoms with Crippen molar-refractivity contribution in [3.63, 3.8) is 0 Å². The lowest BCUT2D eigenvalue weighted by Crippen LogP contribution is -2.45. The highest BCUT2D eigenvalue weighted by atomic mass is 32.2. The van der Waals surface area contributed by atoms with E-state index in [2.05, 4.69) is 35.0 Å². The van der Waals surface area contributed by atoms with Crippen molar-refractivity contribution in [3.8, 4) is 0 Å². The number of carbonyl (C=O) groups excluding carboxylic acids is 1. The minimum absolute atomic E-state index is 0.104. The molecule has 2 saturated heterocycles. The summed E-state index contributed by atoms with van der Waals surface area (Å²) in [5.74, 6) is -0.129. The van der Waals surface area contributed by atoms with Gasteiger partial charge in [-0.3, -0.25) is 14.5 Å². The molecule has 0 N–H and O–H groups in total. The largest absolute Gasteiger partial charge is 0.368 e. The van der Waals surface area contributed by atoms with Crippen molar-refractivity contribution in [2.24, 2.45) is 7.05 Å². The maximum atomic E-state index is 13.6. The number of carbonyl (C=O) groups is 1. The number of pyridine rings is 1. The van der Waals surface area contributed by atoms with Crippen LogP contribution in [0.25, 0.3) is 17.0 Å². The quantitative estimate of drug-likeness (QED) is 0.390. The number of hydrogen-bond acceptors (Lipinski definition) is 6. The molecule has 0 saturated carbocycles. The Bertz CT molecular complexity index is 1380. The smallest absolute Gasteiger partial charge is 0.266 e. The number of thiocarbonyl (C=S) groups is 1. The van der Waals surface area contributed by atoms with E-state index < -0.39 is 0 Å². The summed E-state index contributed by atoms with van der Waals surface area (Å²) < 4.78 is 2.22. The van der Waals surface area contributed by atoms with E-state index in [1.165, 1.54) is 11.8 Å². The summed E-state index contributed by atoms with van der Waals surface area (Å²) in [5, 5.41) is 1.02. The molecule has 3 aromatic rings. The number of piperazine rings is 1. The van der Waals surface area contributed by atoms with Crippen LogP contribution in [0.2, 0.25) is 0 Å². The van der Waals surface area contributed by atoms with Crippen LogP contribution in [0.3, 0.4) is 0 Å². The van der Waals surface area contributed by atoms with Gasteiger partial charge in [0.1, 0.15) is 4.32 Å². The van der Waals surface area contributed by atoms with Crippen LogP contribution in [0.4, 0.5) is 5.69 Å². The molecule has 0 unspecified atom stereocenters. The van der Waals surface area contributed by atoms with Gasteiger partial charge in [-0.05, 0) is 31.2 Å². The fraction of sp³-hybridized carbons (Fsp3) is 0.296. The zero-order chi connectivity index (χ0) is 24.5. The lowest BCUT2D eigenvalue weighted by atomic mass is 10.1. The van der Waals surface area contributed by atoms with Gasteiger partial charge in [0, 0.05) is 45.2 Å². The van der Waals surface area contributed by atoms with Crippen molar-refractivity contribution in [2.75, 3.05) is 44.7 Å². The minimum Gasteiger partial charge on any atom is -0.368 e. The molecule has 1 amide bonds. The summed E-state index contributed by atoms with van der Waals surface area (Å²) >= 11 is 6.84. The number of thioether (sulfide) groups is 1. The highest BCUT2D eigenvalue weighted by molar-refractivity contribution is 8.26. The average molecular weight is 505 g/mol. The van der Waals surface area contributed by atoms with Crippen molar-refractivity contribution in [1.29, 1.82) is 0 Å². The van der Waals surface area contributed by atoms with Crippen LogP contribution in [0.15, 0.2) is 64.3 Å². The lowest BCUT2D eigenvalue weighted by molar-refractivity contribution is -0.122. The number of nitrogens with zero attached hydrogens (tertiary/aromatic N) is 4. The van der Waals surface area contributed by atoms with Gasteiger partial charge >= 0.3 is 0 Å². The van der Waals surface area contributed by atoms with Crippen LogP contribution >= 0.6 is 24.0 Å². The molecule has 0 aliphatic carbocycles. The van der Waals surface area contributed by atoms with Crippen LogP contribution in [0, 0.1) is 0 Å². The Hall–Kier alpha value is -2.94. The topological polar surface area (TPSA) is 48.8 Å². The Morgan fingerprint density at radius 2 is 1.63 bits per heavy atom. The van der Waals surface area contributed by atoms with E-state index in [-0.39, 0.29) is 11.5 Å². The fourth-order valence-electron chi connectivity index (χ4n) is 4.71. The Labute approximate surface area is 214 Å². The van der Waals surface area contributed by atoms with Crippen LogP contribution in [-0.2, 0) is 18.3 Å². The van der Waals surface area contributed by atoms with Crippen LogP contribution < -0.4 is 10.5 Å². The van der Waals surface area contributed by atoms with E-state index in [0.717, 1.165) is 54.8 Å². The Morgan fingerprint density at radius 1 is 0.943 bits per heavy atom. The second kappa shape index (κ2) is 9.97. The summed E-state index contributed by atoms with van der Waals surface area (Å²) in [5.41, 5.74) is 3.41. The molecule has 5 rings (SSSR count). The molecule has 3 heterocycles. The molecule has 0 atom stereocenters. The average Bonchev–Trinajstić information content (AvgIpc) is 3.14. The predicted octanol–water partition coefficient (Wildman–Crippen LogP) is 3.73. The van der Waals surface area contributed by atoms with Crippen molar-refractivity contribution < 1.29 is 4.79 Å². The van der Waals surface area contributed by atoms with Gasteiger partial charge < -0.3 is 14.4 Å². The number of hydrogen-bond donors (Lipinski definition) is 0. The molecule has 2 aliphatic heterocycles. The Balaban J connectivity index is 1.54. The molecule has 180 valence electrons. The monoisotopic (exact) mass is 504 g/mol. The number of para-hydroxylation sites is 1. The van der Waals surface area contributed by atoms with Crippen LogP contribution in [0.1, 0.15) is 11.1 Å². The Kier molecular flexibility index (Phi) is 6.77. The van der Waals surface area contributed by atoms with Crippen molar-refractivity contribution in [2.45, 2.75) is 6.42 Å². The van der Waals surface area contributed by atoms with Crippen molar-refractivity contribution in [3.05, 3.63) is 81.0 Å². The van der Waals surface area contributed by atoms with E-state index in [9.17, 15) is 9.59 Å². The third-order valence-corrected chi connectivity index (χ3v) is 8.12. The molecule has 2 fully saturated rings. The second-order valence-electron chi connectivity index (χ2n) is 9.00. The van der Waals surface area contributed by atoms with E-state index >= 15 is 0 Å². The molecule has 0 radical (unpaired) electrons. The number of benzene rings is 2. The maximum Gasteiger partial charge on any atom is 0.266 e. The molecule has 8 heteroatoms. The summed E-state index contributed by atoms with van der Waals surface area (Å²) in [6, 6.07) is 18.1. The standard InChI is InChI=1S/C27H28N4O2S2/c1-28-14-16-30(17-15-28)24-20-10-6-7-11-22(20)29(2)25(32)21(24)18-23-26(33)31(27(34)35-23)13-12-19-8-4-3-5-9-19/h3-11,18H,12-17H2,1-2H3. The van der Waals surface area contributed by atoms with Crippen molar-refractivity contribution in [1.82, 2.24) is 14.4 Å². The van der Waals surface area contributed by atoms with Gasteiger partial charge in [0.15, 0.2) is 0 Å². The molecule has 0 spiro atoms. The van der Waals surface area contributed by atoms with Gasteiger partial charge in [0.05, 0.1) is 21.7 Å². The van der Waals surface area contributed by atoms with E-state index in [0.29, 0.717) is 21.3 Å². The van der Waals surface area contributed by atoms with Gasteiger partial charge in [0.25, 0.3) is 11.5 Å². The molecule has 1 aromatic heterocycles. The summed E-state index contributed by atoms with van der Waals surface area (Å²) in [6.45, 7) is 4.02. The van der Waals surface area contributed by atoms with Gasteiger partial charge in [-0.25, -0.2) is 0 Å². The number of aromatic nitrogens is 1. The molecule has 2 aromatic carbocycles. The normalized spacial score (nSPS) is 18.3. The molecular weight excluding hydrogens is 476 g/mol. The maximum absolute atomic E-state index is 13.6. The van der Waals surface area contributed by atoms with E-state index in [4.69, 9.17) is 12.2 Å². The predicted molar refractivity (Wildman–Crippen MR) is 149 cm³/mol. The summed E-state index contributed by atoms with van der Waals surface area (Å²) in [7, 11) is 3.90. The van der Waals surface area contributed by atoms with E-state index in [1.54, 1.807) is 22.6 Å². The summed E-state index contributed by atoms with van der Waals surface area (Å²) in [6.07, 6.45) is 2.50. The van der Waals surface area contributed by atoms with E-state index in [1.807, 2.05) is 36.4 Å². The molecule has 6 nitrogen and oxygen atoms in total. The number of anilines is 1. The van der Waals surface area contributed by atoms with Crippen LogP contribution in [-0.4, -0.2) is 64.4 Å². The van der Waals surface area contributed by atoms with Gasteiger partial charge in [-0.15, -0.1) is 0 Å². The third-order valence-electron chi connectivity index (χ3n) is 6.75. The first kappa shape index (κ1) is 23.8. The lowest BCUT2D eigenvalue weighted by Gasteiger charge is -2.35.